The molecular weight excluding hydrogens is 679 g/mol. The van der Waals surface area contributed by atoms with E-state index < -0.39 is 45.5 Å². The summed E-state index contributed by atoms with van der Waals surface area (Å²) in [5, 5.41) is 51.2. The highest BCUT2D eigenvalue weighted by Crippen LogP contribution is 2.67. The molecule has 5 aliphatic heterocycles. The minimum absolute atomic E-state index is 0.00500. The maximum atomic E-state index is 14.3. The molecule has 0 radical (unpaired) electrons. The van der Waals surface area contributed by atoms with Crippen LogP contribution in [0.4, 0.5) is 5.69 Å². The summed E-state index contributed by atoms with van der Waals surface area (Å²) in [6.45, 7) is 12.6. The van der Waals surface area contributed by atoms with Gasteiger partial charge in [-0.2, -0.15) is 0 Å². The number of hydrogen-bond acceptors (Lipinski definition) is 8. The van der Waals surface area contributed by atoms with Crippen LogP contribution in [0.3, 0.4) is 0 Å². The quantitative estimate of drug-likeness (QED) is 0.212. The van der Waals surface area contributed by atoms with Gasteiger partial charge in [0.2, 0.25) is 0 Å². The van der Waals surface area contributed by atoms with E-state index in [-0.39, 0.29) is 25.1 Å². The van der Waals surface area contributed by atoms with Crippen molar-refractivity contribution in [2.24, 2.45) is 11.3 Å². The fourth-order valence-electron chi connectivity index (χ4n) is 13.3. The number of nitrogens with zero attached hydrogens (tertiary/aromatic N) is 3. The van der Waals surface area contributed by atoms with Crippen LogP contribution >= 0.6 is 0 Å². The smallest absolute Gasteiger partial charge is 0.257 e. The molecule has 1 amide bonds. The number of aromatic nitrogens is 1. The Kier molecular flexibility index (Phi) is 8.34. The van der Waals surface area contributed by atoms with Crippen molar-refractivity contribution in [3.63, 3.8) is 0 Å². The van der Waals surface area contributed by atoms with Gasteiger partial charge in [0, 0.05) is 84.3 Å². The summed E-state index contributed by atoms with van der Waals surface area (Å²) in [5.74, 6) is -0.361. The molecule has 54 heavy (non-hydrogen) atoms. The van der Waals surface area contributed by atoms with Gasteiger partial charge in [0.1, 0.15) is 6.10 Å². The summed E-state index contributed by atoms with van der Waals surface area (Å²) < 4.78 is 0. The predicted octanol–water partition coefficient (Wildman–Crippen LogP) is 3.50. The monoisotopic (exact) mass is 737 g/mol. The first-order chi connectivity index (χ1) is 25.8. The third-order valence-electron chi connectivity index (χ3n) is 15.5. The molecule has 1 aliphatic carbocycles. The molecule has 6 aliphatic rings. The van der Waals surface area contributed by atoms with Crippen LogP contribution in [0.2, 0.25) is 0 Å². The Bertz CT molecular complexity index is 2030. The minimum Gasteiger partial charge on any atom is -0.395 e. The van der Waals surface area contributed by atoms with Crippen LogP contribution in [0.25, 0.3) is 10.9 Å². The number of aliphatic hydroxyl groups is 4. The first-order valence-corrected chi connectivity index (χ1v) is 20.5. The Morgan fingerprint density at radius 3 is 2.61 bits per heavy atom. The Hall–Kier alpha value is -3.25. The van der Waals surface area contributed by atoms with Gasteiger partial charge in [-0.25, -0.2) is 0 Å². The molecule has 2 aromatic carbocycles. The molecule has 6 N–H and O–H groups in total. The van der Waals surface area contributed by atoms with E-state index in [0.29, 0.717) is 13.0 Å². The van der Waals surface area contributed by atoms with E-state index in [1.807, 2.05) is 7.05 Å². The average molecular weight is 738 g/mol. The van der Waals surface area contributed by atoms with Gasteiger partial charge in [0.15, 0.2) is 5.60 Å². The first-order valence-electron chi connectivity index (χ1n) is 20.5. The van der Waals surface area contributed by atoms with Crippen molar-refractivity contribution in [3.05, 3.63) is 76.5 Å². The number of H-pyrrole nitrogens is 1. The molecule has 2 saturated heterocycles. The SMILES string of the molecule is CCC1(O)CC2C[N@](CCc3c([nH]c4ccccc34)[C@@](C)(c3cc4c(cc3C)N(C)C3[C@]45CCN4CC=C[C@](CC)(C45)[C@@H](O)[C@]3(O)C(=O)NCCO)C2)C1. The van der Waals surface area contributed by atoms with Crippen molar-refractivity contribution in [2.75, 3.05) is 57.8 Å². The molecule has 1 spiro atoms. The lowest BCUT2D eigenvalue weighted by molar-refractivity contribution is -0.203. The number of benzene rings is 2. The third kappa shape index (κ3) is 4.64. The largest absolute Gasteiger partial charge is 0.395 e. The van der Waals surface area contributed by atoms with Crippen LogP contribution in [0.15, 0.2) is 48.6 Å². The van der Waals surface area contributed by atoms with Crippen molar-refractivity contribution in [3.8, 4) is 0 Å². The highest BCUT2D eigenvalue weighted by Gasteiger charge is 2.78. The predicted molar refractivity (Wildman–Crippen MR) is 211 cm³/mol. The highest BCUT2D eigenvalue weighted by atomic mass is 16.4. The average Bonchev–Trinajstić information content (AvgIpc) is 3.82. The van der Waals surface area contributed by atoms with Gasteiger partial charge in [0.25, 0.3) is 5.91 Å². The van der Waals surface area contributed by atoms with Crippen LogP contribution in [0, 0.1) is 18.3 Å². The van der Waals surface area contributed by atoms with Crippen molar-refractivity contribution >= 4 is 22.5 Å². The Morgan fingerprint density at radius 1 is 1.06 bits per heavy atom. The molecule has 10 atom stereocenters. The lowest BCUT2D eigenvalue weighted by Gasteiger charge is -2.63. The number of carbonyl (C=O) groups is 1. The number of likely N-dealkylation sites (N-methyl/N-ethyl adjacent to an activating group) is 1. The van der Waals surface area contributed by atoms with Crippen molar-refractivity contribution in [1.82, 2.24) is 20.1 Å². The fraction of sp³-hybridized carbons (Fsp3) is 0.614. The van der Waals surface area contributed by atoms with Gasteiger partial charge in [-0.1, -0.05) is 50.3 Å². The van der Waals surface area contributed by atoms with Gasteiger partial charge >= 0.3 is 0 Å². The molecule has 4 unspecified atom stereocenters. The summed E-state index contributed by atoms with van der Waals surface area (Å²) in [4.78, 5) is 25.4. The van der Waals surface area contributed by atoms with Gasteiger partial charge < -0.3 is 35.6 Å². The number of piperidine rings is 1. The molecule has 3 fully saturated rings. The van der Waals surface area contributed by atoms with E-state index in [9.17, 15) is 25.2 Å². The van der Waals surface area contributed by atoms with E-state index in [0.717, 1.165) is 80.6 Å². The minimum atomic E-state index is -2.15. The number of hydrogen-bond donors (Lipinski definition) is 6. The number of aryl methyl sites for hydroxylation is 1. The second kappa shape index (κ2) is 12.4. The van der Waals surface area contributed by atoms with Gasteiger partial charge in [-0.3, -0.25) is 14.6 Å². The number of para-hydroxylation sites is 1. The zero-order valence-electron chi connectivity index (χ0n) is 32.7. The number of aromatic amines is 1. The lowest BCUT2D eigenvalue weighted by Crippen LogP contribution is -2.81. The number of anilines is 1. The van der Waals surface area contributed by atoms with E-state index in [2.05, 4.69) is 101 Å². The van der Waals surface area contributed by atoms with Gasteiger partial charge in [0.05, 0.1) is 18.2 Å². The first kappa shape index (κ1) is 36.4. The molecule has 1 aromatic heterocycles. The summed E-state index contributed by atoms with van der Waals surface area (Å²) in [7, 11) is 1.98. The molecule has 10 heteroatoms. The molecule has 3 aromatic rings. The molecule has 6 heterocycles. The number of carbonyl (C=O) groups excluding carboxylic acids is 1. The number of fused-ring (bicyclic) bond motifs is 6. The topological polar surface area (TPSA) is 136 Å². The van der Waals surface area contributed by atoms with Crippen LogP contribution < -0.4 is 10.2 Å². The van der Waals surface area contributed by atoms with E-state index in [1.165, 1.54) is 22.2 Å². The molecule has 9 rings (SSSR count). The van der Waals surface area contributed by atoms with E-state index >= 15 is 0 Å². The molecule has 10 nitrogen and oxygen atoms in total. The summed E-state index contributed by atoms with van der Waals surface area (Å²) in [6.07, 6.45) is 7.38. The normalized spacial score (nSPS) is 39.6. The summed E-state index contributed by atoms with van der Waals surface area (Å²) in [6, 6.07) is 12.5. The Balaban J connectivity index is 1.28. The standard InChI is InChI=1S/C44H59N5O5/c1-6-41(53)24-28-23-40(4,35-30(13-18-48(25-28)26-41)29-11-8-9-12-33(29)46-35)31-22-32-34(21-27(31)3)47(5)37-43(32)15-19-49-17-10-14-42(7-2,36(43)49)38(51)44(37,54)39(52)45-16-20-50/h8-12,14,21-22,28,36-38,46,50-51,53-54H,6-7,13,15-20,23-26H2,1-5H3,(H,45,52)/t28?,36?,37?,38-,40-,41?,42-,43-,44+/m1/s1. The summed E-state index contributed by atoms with van der Waals surface area (Å²) in [5.41, 5.74) is 3.42. The third-order valence-corrected chi connectivity index (χ3v) is 15.5. The Labute approximate surface area is 319 Å². The lowest BCUT2D eigenvalue weighted by atomic mass is 9.47. The maximum Gasteiger partial charge on any atom is 0.257 e. The summed E-state index contributed by atoms with van der Waals surface area (Å²) >= 11 is 0. The van der Waals surface area contributed by atoms with Crippen molar-refractivity contribution < 1.29 is 25.2 Å². The second-order valence-corrected chi connectivity index (χ2v) is 18.2. The van der Waals surface area contributed by atoms with Gasteiger partial charge in [-0.05, 0) is 99.2 Å². The van der Waals surface area contributed by atoms with E-state index in [4.69, 9.17) is 0 Å². The van der Waals surface area contributed by atoms with Crippen LogP contribution in [0.5, 0.6) is 0 Å². The van der Waals surface area contributed by atoms with Crippen molar-refractivity contribution in [1.29, 1.82) is 0 Å². The number of amides is 1. The molecule has 290 valence electrons. The highest BCUT2D eigenvalue weighted by molar-refractivity contribution is 5.90. The Morgan fingerprint density at radius 2 is 1.85 bits per heavy atom. The maximum absolute atomic E-state index is 14.3. The fourth-order valence-corrected chi connectivity index (χ4v) is 13.3. The molecule has 2 bridgehead atoms. The van der Waals surface area contributed by atoms with Crippen LogP contribution in [-0.4, -0.2) is 123 Å². The van der Waals surface area contributed by atoms with Crippen molar-refractivity contribution in [2.45, 2.75) is 106 Å². The van der Waals surface area contributed by atoms with Crippen LogP contribution in [0.1, 0.15) is 80.8 Å². The molecule has 1 saturated carbocycles. The van der Waals surface area contributed by atoms with Crippen LogP contribution in [-0.2, 0) is 22.0 Å². The van der Waals surface area contributed by atoms with E-state index in [1.54, 1.807) is 0 Å². The van der Waals surface area contributed by atoms with Gasteiger partial charge in [-0.15, -0.1) is 0 Å². The zero-order valence-corrected chi connectivity index (χ0v) is 32.7. The number of rotatable bonds is 6. The number of aliphatic hydroxyl groups excluding tert-OH is 2. The second-order valence-electron chi connectivity index (χ2n) is 18.2. The zero-order chi connectivity index (χ0) is 38.0. The number of nitrogens with one attached hydrogen (secondary N) is 2. The molecular formula is C44H59N5O5.